The van der Waals surface area contributed by atoms with Gasteiger partial charge in [0.05, 0.1) is 18.3 Å². The molecule has 1 aliphatic rings. The number of nitrogens with two attached hydrogens (primary N) is 1. The van der Waals surface area contributed by atoms with Gasteiger partial charge in [0.15, 0.2) is 11.5 Å². The molecule has 0 aliphatic carbocycles. The number of aliphatic imine (C=N–C) groups is 1. The first kappa shape index (κ1) is 11.0. The van der Waals surface area contributed by atoms with Crippen LogP contribution in [0.25, 0.3) is 0 Å². The average molecular weight is 239 g/mol. The average Bonchev–Trinajstić information content (AvgIpc) is 2.40. The molecular formula is C14H15N4+. The molecule has 0 amide bonds. The van der Waals surface area contributed by atoms with Crippen LogP contribution in [0, 0.1) is 0 Å². The fourth-order valence-corrected chi connectivity index (χ4v) is 2.01. The molecule has 18 heavy (non-hydrogen) atoms. The summed E-state index contributed by atoms with van der Waals surface area (Å²) in [5, 5.41) is 1.92. The normalized spacial score (nSPS) is 17.3. The first-order valence-electron chi connectivity index (χ1n) is 5.90. The lowest BCUT2D eigenvalue weighted by Gasteiger charge is -2.24. The van der Waals surface area contributed by atoms with Crippen molar-refractivity contribution in [3.63, 3.8) is 0 Å². The van der Waals surface area contributed by atoms with Crippen LogP contribution in [0.2, 0.25) is 0 Å². The SMILES string of the molecule is CN1NC(=Nc2ccccc2)c2ccccc2[NH2+]1. The number of nitrogens with zero attached hydrogens (tertiary/aromatic N) is 2. The van der Waals surface area contributed by atoms with Crippen molar-refractivity contribution in [2.75, 3.05) is 7.05 Å². The van der Waals surface area contributed by atoms with Gasteiger partial charge < -0.3 is 0 Å². The molecule has 0 saturated heterocycles. The van der Waals surface area contributed by atoms with Gasteiger partial charge in [-0.05, 0) is 18.2 Å². The lowest BCUT2D eigenvalue weighted by molar-refractivity contribution is -0.744. The Hall–Kier alpha value is -2.17. The molecule has 0 radical (unpaired) electrons. The van der Waals surface area contributed by atoms with E-state index < -0.39 is 0 Å². The van der Waals surface area contributed by atoms with Crippen LogP contribution in [0.4, 0.5) is 11.4 Å². The van der Waals surface area contributed by atoms with E-state index in [1.54, 1.807) is 0 Å². The summed E-state index contributed by atoms with van der Waals surface area (Å²) in [4.78, 5) is 4.65. The lowest BCUT2D eigenvalue weighted by atomic mass is 10.1. The van der Waals surface area contributed by atoms with Crippen LogP contribution >= 0.6 is 0 Å². The van der Waals surface area contributed by atoms with Crippen LogP contribution in [-0.2, 0) is 0 Å². The maximum atomic E-state index is 4.65. The fraction of sp³-hybridized carbons (Fsp3) is 0.0714. The standard InChI is InChI=1S/C14H14N4/c1-18-16-13-10-6-5-9-12(13)14(17-18)15-11-7-3-2-4-8-11/h2-10,16H,1H3,(H,15,17)/p+1. The highest BCUT2D eigenvalue weighted by Gasteiger charge is 2.21. The largest absolute Gasteiger partial charge is 0.258 e. The second-order valence-electron chi connectivity index (χ2n) is 4.24. The van der Waals surface area contributed by atoms with Crippen molar-refractivity contribution in [3.05, 3.63) is 60.2 Å². The van der Waals surface area contributed by atoms with E-state index >= 15 is 0 Å². The van der Waals surface area contributed by atoms with Gasteiger partial charge in [-0.2, -0.15) is 0 Å². The smallest absolute Gasteiger partial charge is 0.161 e. The molecule has 0 bridgehead atoms. The molecule has 1 aliphatic heterocycles. The molecule has 3 N–H and O–H groups in total. The first-order valence-corrected chi connectivity index (χ1v) is 5.90. The predicted molar refractivity (Wildman–Crippen MR) is 71.6 cm³/mol. The summed E-state index contributed by atoms with van der Waals surface area (Å²) in [6, 6.07) is 18.2. The topological polar surface area (TPSA) is 44.2 Å². The minimum Gasteiger partial charge on any atom is -0.258 e. The number of fused-ring (bicyclic) bond motifs is 1. The molecule has 2 aromatic rings. The zero-order chi connectivity index (χ0) is 12.4. The molecule has 0 unspecified atom stereocenters. The number of para-hydroxylation sites is 1. The zero-order valence-electron chi connectivity index (χ0n) is 10.2. The van der Waals surface area contributed by atoms with Crippen molar-refractivity contribution in [1.82, 2.24) is 10.5 Å². The Kier molecular flexibility index (Phi) is 2.80. The fourth-order valence-electron chi connectivity index (χ4n) is 2.01. The molecule has 4 nitrogen and oxygen atoms in total. The van der Waals surface area contributed by atoms with E-state index in [1.807, 2.05) is 54.6 Å². The van der Waals surface area contributed by atoms with Crippen LogP contribution in [0.1, 0.15) is 5.56 Å². The van der Waals surface area contributed by atoms with Gasteiger partial charge >= 0.3 is 0 Å². The number of hydrogen-bond acceptors (Lipinski definition) is 2. The van der Waals surface area contributed by atoms with Crippen molar-refractivity contribution in [2.24, 2.45) is 4.99 Å². The molecule has 0 saturated carbocycles. The summed E-state index contributed by atoms with van der Waals surface area (Å²) in [7, 11) is 1.97. The molecule has 1 heterocycles. The monoisotopic (exact) mass is 239 g/mol. The van der Waals surface area contributed by atoms with Gasteiger partial charge in [-0.1, -0.05) is 35.4 Å². The summed E-state index contributed by atoms with van der Waals surface area (Å²) in [5.41, 5.74) is 8.55. The maximum absolute atomic E-state index is 4.65. The van der Waals surface area contributed by atoms with Crippen LogP contribution < -0.4 is 10.9 Å². The van der Waals surface area contributed by atoms with Crippen LogP contribution in [-0.4, -0.2) is 18.0 Å². The van der Waals surface area contributed by atoms with Gasteiger partial charge in [-0.15, -0.1) is 0 Å². The third-order valence-electron chi connectivity index (χ3n) is 2.83. The Bertz CT molecular complexity index is 577. The lowest BCUT2D eigenvalue weighted by Crippen LogP contribution is -2.93. The molecule has 0 aromatic heterocycles. The Labute approximate surface area is 106 Å². The summed E-state index contributed by atoms with van der Waals surface area (Å²) >= 11 is 0. The van der Waals surface area contributed by atoms with E-state index in [9.17, 15) is 0 Å². The Morgan fingerprint density at radius 2 is 1.72 bits per heavy atom. The minimum absolute atomic E-state index is 0.877. The predicted octanol–water partition coefficient (Wildman–Crippen LogP) is 1.32. The number of amidine groups is 1. The van der Waals surface area contributed by atoms with Gasteiger partial charge in [0.2, 0.25) is 0 Å². The van der Waals surface area contributed by atoms with Crippen molar-refractivity contribution < 1.29 is 5.43 Å². The van der Waals surface area contributed by atoms with E-state index in [4.69, 9.17) is 0 Å². The van der Waals surface area contributed by atoms with Crippen LogP contribution in [0.3, 0.4) is 0 Å². The van der Waals surface area contributed by atoms with E-state index in [0.29, 0.717) is 0 Å². The molecular weight excluding hydrogens is 224 g/mol. The van der Waals surface area contributed by atoms with Gasteiger partial charge in [-0.3, -0.25) is 5.43 Å². The third kappa shape index (κ3) is 2.11. The number of hydrazine groups is 1. The quantitative estimate of drug-likeness (QED) is 0.582. The van der Waals surface area contributed by atoms with Crippen molar-refractivity contribution in [2.45, 2.75) is 0 Å². The minimum atomic E-state index is 0.877. The summed E-state index contributed by atoms with van der Waals surface area (Å²) < 4.78 is 0. The highest BCUT2D eigenvalue weighted by Crippen LogP contribution is 2.17. The number of hydrogen-bond donors (Lipinski definition) is 2. The maximum Gasteiger partial charge on any atom is 0.161 e. The second-order valence-corrected chi connectivity index (χ2v) is 4.24. The summed E-state index contributed by atoms with van der Waals surface area (Å²) in [6.07, 6.45) is 0. The summed E-state index contributed by atoms with van der Waals surface area (Å²) in [5.74, 6) is 0.877. The highest BCUT2D eigenvalue weighted by atomic mass is 15.7. The van der Waals surface area contributed by atoms with Crippen LogP contribution in [0.5, 0.6) is 0 Å². The van der Waals surface area contributed by atoms with Gasteiger partial charge in [0, 0.05) is 6.07 Å². The number of quaternary nitrogens is 1. The second kappa shape index (κ2) is 4.60. The molecule has 90 valence electrons. The summed E-state index contributed by atoms with van der Waals surface area (Å²) in [6.45, 7) is 0. The Morgan fingerprint density at radius 1 is 1.00 bits per heavy atom. The molecule has 3 rings (SSSR count). The van der Waals surface area contributed by atoms with Gasteiger partial charge in [0.25, 0.3) is 0 Å². The number of rotatable bonds is 1. The number of benzene rings is 2. The molecule has 0 fully saturated rings. The van der Waals surface area contributed by atoms with E-state index in [2.05, 4.69) is 28.0 Å². The van der Waals surface area contributed by atoms with Crippen molar-refractivity contribution >= 4 is 17.2 Å². The molecule has 2 aromatic carbocycles. The Morgan fingerprint density at radius 3 is 2.56 bits per heavy atom. The van der Waals surface area contributed by atoms with E-state index in [1.165, 1.54) is 5.69 Å². The van der Waals surface area contributed by atoms with Gasteiger partial charge in [0.1, 0.15) is 0 Å². The van der Waals surface area contributed by atoms with Crippen LogP contribution in [0.15, 0.2) is 59.6 Å². The van der Waals surface area contributed by atoms with Crippen molar-refractivity contribution in [1.29, 1.82) is 0 Å². The van der Waals surface area contributed by atoms with Gasteiger partial charge in [-0.25, -0.2) is 10.4 Å². The number of nitrogens with one attached hydrogen (secondary N) is 1. The van der Waals surface area contributed by atoms with E-state index in [0.717, 1.165) is 17.1 Å². The third-order valence-corrected chi connectivity index (χ3v) is 2.83. The van der Waals surface area contributed by atoms with E-state index in [-0.39, 0.29) is 0 Å². The molecule has 4 heteroatoms. The Balaban J connectivity index is 2.05. The molecule has 0 spiro atoms. The zero-order valence-corrected chi connectivity index (χ0v) is 10.2. The molecule has 0 atom stereocenters. The first-order chi connectivity index (χ1) is 8.83. The van der Waals surface area contributed by atoms with Crippen molar-refractivity contribution in [3.8, 4) is 0 Å². The highest BCUT2D eigenvalue weighted by molar-refractivity contribution is 6.03.